The minimum atomic E-state index is -2.96. The summed E-state index contributed by atoms with van der Waals surface area (Å²) in [6.07, 6.45) is 0. The quantitative estimate of drug-likeness (QED) is 0.0946. The zero-order chi connectivity index (χ0) is 36.9. The Morgan fingerprint density at radius 2 is 0.673 bits per heavy atom. The molecular weight excluding hydrogens is 701 g/mol. The highest BCUT2D eigenvalue weighted by atomic mass is 28.4. The van der Waals surface area contributed by atoms with Gasteiger partial charge in [0, 0.05) is 12.5 Å². The third kappa shape index (κ3) is 6.33. The van der Waals surface area contributed by atoms with E-state index in [0.717, 1.165) is 0 Å². The van der Waals surface area contributed by atoms with Gasteiger partial charge in [-0.15, -0.1) is 0 Å². The number of benzene rings is 8. The second-order valence-electron chi connectivity index (χ2n) is 14.2. The van der Waals surface area contributed by atoms with Crippen LogP contribution in [0, 0.1) is 0 Å². The van der Waals surface area contributed by atoms with Crippen LogP contribution >= 0.6 is 0 Å². The van der Waals surface area contributed by atoms with E-state index >= 15 is 0 Å². The van der Waals surface area contributed by atoms with Crippen LogP contribution < -0.4 is 31.1 Å². The maximum atomic E-state index is 7.70. The van der Waals surface area contributed by atoms with E-state index in [2.05, 4.69) is 224 Å². The van der Waals surface area contributed by atoms with Crippen LogP contribution in [0.15, 0.2) is 224 Å². The summed E-state index contributed by atoms with van der Waals surface area (Å²) < 4.78 is 15.3. The third-order valence-electron chi connectivity index (χ3n) is 11.2. The van der Waals surface area contributed by atoms with E-state index in [4.69, 9.17) is 8.85 Å². The number of hydrogen-bond donors (Lipinski definition) is 0. The van der Waals surface area contributed by atoms with Crippen LogP contribution in [-0.2, 0) is 15.5 Å². The summed E-state index contributed by atoms with van der Waals surface area (Å²) in [5.74, 6) is 0.0234. The van der Waals surface area contributed by atoms with Gasteiger partial charge in [0.15, 0.2) is 0 Å². The first-order chi connectivity index (χ1) is 27.3. The average molecular weight is 743 g/mol. The molecule has 0 saturated carbocycles. The lowest BCUT2D eigenvalue weighted by molar-refractivity contribution is 0.297. The fourth-order valence-electron chi connectivity index (χ4n) is 8.69. The van der Waals surface area contributed by atoms with Crippen molar-refractivity contribution in [1.82, 2.24) is 0 Å². The first kappa shape index (κ1) is 34.9. The Labute approximate surface area is 326 Å². The molecule has 1 unspecified atom stereocenters. The molecule has 0 aliphatic heterocycles. The van der Waals surface area contributed by atoms with E-state index in [1.165, 1.54) is 58.9 Å². The van der Waals surface area contributed by atoms with Gasteiger partial charge in [-0.2, -0.15) is 0 Å². The first-order valence-electron chi connectivity index (χ1n) is 19.1. The Hall–Kier alpha value is -5.89. The van der Waals surface area contributed by atoms with Gasteiger partial charge in [-0.1, -0.05) is 224 Å². The zero-order valence-corrected chi connectivity index (χ0v) is 32.7. The molecule has 0 N–H and O–H groups in total. The summed E-state index contributed by atoms with van der Waals surface area (Å²) in [6.45, 7) is 1.00. The molecule has 0 radical (unpaired) electrons. The van der Waals surface area contributed by atoms with E-state index in [9.17, 15) is 0 Å². The smallest absolute Gasteiger partial charge is 0.288 e. The number of fused-ring (bicyclic) bond motifs is 3. The normalized spacial score (nSPS) is 13.6. The number of hydrogen-bond acceptors (Lipinski definition) is 2. The standard InChI is InChI=1S/C51H42O2Si2/c1-7-23-41(24-8-1)54(42-25-9-2-10-26-42,43-27-11-3-12-28-43)52-38-40-22-21-37-49-47-35-19-20-36-48(47)50(51(40)49)39-53-55(44-29-13-4-14-30-44,45-31-15-5-16-32-45)46-33-17-6-18-34-46/h1-37,50H,38-39H2. The van der Waals surface area contributed by atoms with Crippen LogP contribution in [-0.4, -0.2) is 23.2 Å². The van der Waals surface area contributed by atoms with Crippen molar-refractivity contribution in [2.75, 3.05) is 6.61 Å². The predicted molar refractivity (Wildman–Crippen MR) is 232 cm³/mol. The molecule has 4 heteroatoms. The van der Waals surface area contributed by atoms with Gasteiger partial charge in [0.2, 0.25) is 0 Å². The van der Waals surface area contributed by atoms with Crippen molar-refractivity contribution < 1.29 is 8.85 Å². The van der Waals surface area contributed by atoms with Crippen molar-refractivity contribution in [3.63, 3.8) is 0 Å². The van der Waals surface area contributed by atoms with Gasteiger partial charge in [0.05, 0.1) is 6.61 Å². The number of rotatable bonds is 12. The van der Waals surface area contributed by atoms with Gasteiger partial charge < -0.3 is 8.85 Å². The minimum absolute atomic E-state index is 0.0234. The Morgan fingerprint density at radius 3 is 1.09 bits per heavy atom. The largest absolute Gasteiger partial charge is 0.403 e. The molecule has 8 aromatic carbocycles. The summed E-state index contributed by atoms with van der Waals surface area (Å²) in [5, 5.41) is 7.40. The molecule has 1 aliphatic carbocycles. The van der Waals surface area contributed by atoms with Crippen molar-refractivity contribution in [3.05, 3.63) is 241 Å². The molecule has 0 fully saturated rings. The van der Waals surface area contributed by atoms with E-state index in [1.807, 2.05) is 0 Å². The van der Waals surface area contributed by atoms with Crippen LogP contribution in [0.3, 0.4) is 0 Å². The van der Waals surface area contributed by atoms with Crippen LogP contribution in [0.4, 0.5) is 0 Å². The minimum Gasteiger partial charge on any atom is -0.403 e. The predicted octanol–water partition coefficient (Wildman–Crippen LogP) is 7.67. The van der Waals surface area contributed by atoms with Crippen LogP contribution in [0.5, 0.6) is 0 Å². The Morgan fingerprint density at radius 1 is 0.327 bits per heavy atom. The zero-order valence-electron chi connectivity index (χ0n) is 30.7. The van der Waals surface area contributed by atoms with Gasteiger partial charge in [-0.3, -0.25) is 0 Å². The topological polar surface area (TPSA) is 18.5 Å². The average Bonchev–Trinajstić information content (AvgIpc) is 3.60. The molecule has 9 rings (SSSR count). The molecule has 2 nitrogen and oxygen atoms in total. The van der Waals surface area contributed by atoms with Gasteiger partial charge >= 0.3 is 0 Å². The summed E-state index contributed by atoms with van der Waals surface area (Å²) >= 11 is 0. The molecule has 0 heterocycles. The van der Waals surface area contributed by atoms with E-state index in [-0.39, 0.29) is 5.92 Å². The molecule has 266 valence electrons. The fraction of sp³-hybridized carbons (Fsp3) is 0.0588. The molecule has 0 spiro atoms. The second kappa shape index (κ2) is 15.5. The SMILES string of the molecule is c1ccc([Si](OCc2cccc3c2C(CO[Si](c2ccccc2)(c2ccccc2)c2ccccc2)c2ccccc2-3)(c2ccccc2)c2ccccc2)cc1. The van der Waals surface area contributed by atoms with Gasteiger partial charge in [0.1, 0.15) is 0 Å². The lowest BCUT2D eigenvalue weighted by Gasteiger charge is -2.35. The molecule has 55 heavy (non-hydrogen) atoms. The Kier molecular flexibility index (Phi) is 9.80. The maximum absolute atomic E-state index is 7.70. The highest BCUT2D eigenvalue weighted by molar-refractivity contribution is 7.07. The molecule has 0 amide bonds. The van der Waals surface area contributed by atoms with Gasteiger partial charge in [-0.05, 0) is 58.9 Å². The van der Waals surface area contributed by atoms with Crippen LogP contribution in [0.2, 0.25) is 0 Å². The summed E-state index contributed by atoms with van der Waals surface area (Å²) in [4.78, 5) is 0. The van der Waals surface area contributed by atoms with Gasteiger partial charge in [0.25, 0.3) is 16.6 Å². The summed E-state index contributed by atoms with van der Waals surface area (Å²) in [5.41, 5.74) is 6.35. The highest BCUT2D eigenvalue weighted by Crippen LogP contribution is 2.47. The van der Waals surface area contributed by atoms with Crippen molar-refractivity contribution in [2.24, 2.45) is 0 Å². The van der Waals surface area contributed by atoms with Crippen molar-refractivity contribution >= 4 is 47.8 Å². The van der Waals surface area contributed by atoms with Crippen LogP contribution in [0.25, 0.3) is 11.1 Å². The maximum Gasteiger partial charge on any atom is 0.288 e. The second-order valence-corrected chi connectivity index (χ2v) is 20.9. The fourth-order valence-corrected chi connectivity index (χ4v) is 16.5. The molecule has 0 aromatic heterocycles. The third-order valence-corrected chi connectivity index (χ3v) is 19.2. The Balaban J connectivity index is 1.17. The van der Waals surface area contributed by atoms with Crippen molar-refractivity contribution in [1.29, 1.82) is 0 Å². The molecular formula is C51H42O2Si2. The lowest BCUT2D eigenvalue weighted by Crippen LogP contribution is -2.69. The van der Waals surface area contributed by atoms with E-state index in [1.54, 1.807) is 0 Å². The molecule has 1 aliphatic rings. The van der Waals surface area contributed by atoms with E-state index in [0.29, 0.717) is 13.2 Å². The van der Waals surface area contributed by atoms with E-state index < -0.39 is 16.6 Å². The molecule has 1 atom stereocenters. The van der Waals surface area contributed by atoms with Gasteiger partial charge in [-0.25, -0.2) is 0 Å². The highest BCUT2D eigenvalue weighted by Gasteiger charge is 2.45. The first-order valence-corrected chi connectivity index (χ1v) is 22.9. The van der Waals surface area contributed by atoms with Crippen LogP contribution in [0.1, 0.15) is 22.6 Å². The molecule has 0 saturated heterocycles. The van der Waals surface area contributed by atoms with Crippen molar-refractivity contribution in [3.8, 4) is 11.1 Å². The molecule has 0 bridgehead atoms. The Bertz CT molecular complexity index is 2280. The summed E-state index contributed by atoms with van der Waals surface area (Å²) in [6, 6.07) is 80.9. The molecule has 8 aromatic rings. The lowest BCUT2D eigenvalue weighted by atomic mass is 9.94. The van der Waals surface area contributed by atoms with Crippen molar-refractivity contribution in [2.45, 2.75) is 12.5 Å². The summed E-state index contributed by atoms with van der Waals surface area (Å²) in [7, 11) is -5.90. The monoisotopic (exact) mass is 742 g/mol.